The average Bonchev–Trinajstić information content (AvgIpc) is 2.84. The van der Waals surface area contributed by atoms with Gasteiger partial charge in [0.2, 0.25) is 0 Å². The third-order valence-corrected chi connectivity index (χ3v) is 5.51. The Balaban J connectivity index is 1.61. The molecule has 4 nitrogen and oxygen atoms in total. The monoisotopic (exact) mass is 497 g/mol. The van der Waals surface area contributed by atoms with Crippen LogP contribution in [0.3, 0.4) is 0 Å². The highest BCUT2D eigenvalue weighted by Crippen LogP contribution is 2.25. The van der Waals surface area contributed by atoms with Crippen molar-refractivity contribution in [2.24, 2.45) is 0 Å². The summed E-state index contributed by atoms with van der Waals surface area (Å²) in [4.78, 5) is 15.5. The summed E-state index contributed by atoms with van der Waals surface area (Å²) >= 11 is 0. The van der Waals surface area contributed by atoms with Crippen molar-refractivity contribution in [2.45, 2.75) is 19.8 Å². The van der Waals surface area contributed by atoms with E-state index < -0.39 is 13.2 Å². The number of carbonyl (C=O) groups is 1. The number of halogens is 4. The number of hydrogen-bond donors (Lipinski definition) is 0. The number of benzene rings is 3. The van der Waals surface area contributed by atoms with Crippen LogP contribution in [0.25, 0.3) is 12.2 Å². The van der Waals surface area contributed by atoms with Crippen molar-refractivity contribution >= 4 is 17.9 Å². The van der Waals surface area contributed by atoms with Crippen LogP contribution in [-0.4, -0.2) is 37.0 Å². The molecule has 1 saturated heterocycles. The van der Waals surface area contributed by atoms with Crippen LogP contribution in [0.2, 0.25) is 0 Å². The summed E-state index contributed by atoms with van der Waals surface area (Å²) in [6.45, 7) is -4.40. The van der Waals surface area contributed by atoms with E-state index >= 15 is 0 Å². The Kier molecular flexibility index (Phi) is 8.17. The van der Waals surface area contributed by atoms with Crippen molar-refractivity contribution in [2.75, 3.05) is 13.1 Å². The molecule has 0 bridgehead atoms. The van der Waals surface area contributed by atoms with Gasteiger partial charge in [-0.2, -0.15) is 17.6 Å². The number of rotatable bonds is 8. The zero-order valence-corrected chi connectivity index (χ0v) is 19.1. The zero-order chi connectivity index (χ0) is 25.5. The average molecular weight is 497 g/mol. The Labute approximate surface area is 206 Å². The largest absolute Gasteiger partial charge is 0.435 e. The van der Waals surface area contributed by atoms with Crippen LogP contribution >= 0.6 is 0 Å². The predicted molar refractivity (Wildman–Crippen MR) is 129 cm³/mol. The van der Waals surface area contributed by atoms with Gasteiger partial charge in [0.25, 0.3) is 0 Å². The van der Waals surface area contributed by atoms with Crippen molar-refractivity contribution in [3.63, 3.8) is 0 Å². The summed E-state index contributed by atoms with van der Waals surface area (Å²) < 4.78 is 58.5. The second-order valence-corrected chi connectivity index (χ2v) is 8.19. The number of hydrogen-bond acceptors (Lipinski definition) is 4. The van der Waals surface area contributed by atoms with Gasteiger partial charge in [0.1, 0.15) is 11.5 Å². The molecule has 3 aromatic carbocycles. The molecular weight excluding hydrogens is 474 g/mol. The Morgan fingerprint density at radius 2 is 1.14 bits per heavy atom. The number of nitrogens with zero attached hydrogens (tertiary/aromatic N) is 1. The molecule has 1 aliphatic rings. The highest BCUT2D eigenvalue weighted by atomic mass is 19.3. The molecule has 0 radical (unpaired) electrons. The van der Waals surface area contributed by atoms with E-state index in [-0.39, 0.29) is 17.3 Å². The summed E-state index contributed by atoms with van der Waals surface area (Å²) in [7, 11) is 0. The summed E-state index contributed by atoms with van der Waals surface area (Å²) in [6, 6.07) is 22.0. The van der Waals surface area contributed by atoms with Crippen LogP contribution in [0.15, 0.2) is 90.0 Å². The van der Waals surface area contributed by atoms with Gasteiger partial charge in [-0.15, -0.1) is 0 Å². The van der Waals surface area contributed by atoms with E-state index in [4.69, 9.17) is 0 Å². The number of Topliss-reactive ketones (excluding diaryl/α,β-unsaturated/α-hetero) is 1. The molecule has 1 aliphatic heterocycles. The third-order valence-electron chi connectivity index (χ3n) is 5.51. The van der Waals surface area contributed by atoms with E-state index in [9.17, 15) is 22.4 Å². The first-order valence-corrected chi connectivity index (χ1v) is 11.2. The lowest BCUT2D eigenvalue weighted by atomic mass is 9.94. The van der Waals surface area contributed by atoms with E-state index in [1.807, 2.05) is 30.3 Å². The van der Waals surface area contributed by atoms with Crippen molar-refractivity contribution in [3.05, 3.63) is 107 Å². The highest BCUT2D eigenvalue weighted by molar-refractivity contribution is 6.14. The molecule has 0 saturated carbocycles. The third kappa shape index (κ3) is 7.05. The fourth-order valence-corrected chi connectivity index (χ4v) is 3.96. The molecule has 0 aromatic heterocycles. The normalized spacial score (nSPS) is 16.8. The Bertz CT molecular complexity index is 1150. The van der Waals surface area contributed by atoms with Crippen LogP contribution in [0.5, 0.6) is 11.5 Å². The molecule has 36 heavy (non-hydrogen) atoms. The van der Waals surface area contributed by atoms with E-state index in [0.717, 1.165) is 5.56 Å². The number of ketones is 1. The predicted octanol–water partition coefficient (Wildman–Crippen LogP) is 6.44. The van der Waals surface area contributed by atoms with Gasteiger partial charge in [-0.3, -0.25) is 9.69 Å². The van der Waals surface area contributed by atoms with Gasteiger partial charge in [-0.25, -0.2) is 0 Å². The van der Waals surface area contributed by atoms with Gasteiger partial charge in [0.05, 0.1) is 0 Å². The number of likely N-dealkylation sites (tertiary alicyclic amines) is 1. The van der Waals surface area contributed by atoms with Gasteiger partial charge >= 0.3 is 13.2 Å². The van der Waals surface area contributed by atoms with Gasteiger partial charge in [-0.1, -0.05) is 54.6 Å². The van der Waals surface area contributed by atoms with Crippen molar-refractivity contribution in [1.29, 1.82) is 0 Å². The molecule has 0 amide bonds. The van der Waals surface area contributed by atoms with Crippen LogP contribution in [0.1, 0.15) is 16.7 Å². The Hall–Kier alpha value is -3.91. The fourth-order valence-electron chi connectivity index (χ4n) is 3.96. The number of ether oxygens (including phenoxy) is 2. The summed E-state index contributed by atoms with van der Waals surface area (Å²) in [6.07, 6.45) is 3.47. The van der Waals surface area contributed by atoms with Crippen molar-refractivity contribution in [1.82, 2.24) is 4.90 Å². The number of carbonyl (C=O) groups excluding carboxylic acids is 1. The zero-order valence-electron chi connectivity index (χ0n) is 19.1. The van der Waals surface area contributed by atoms with Gasteiger partial charge in [0, 0.05) is 30.8 Å². The lowest BCUT2D eigenvalue weighted by molar-refractivity contribution is -0.113. The van der Waals surface area contributed by atoms with E-state index in [1.54, 1.807) is 36.4 Å². The molecule has 4 rings (SSSR count). The Morgan fingerprint density at radius 1 is 0.694 bits per heavy atom. The molecule has 0 atom stereocenters. The molecule has 1 heterocycles. The summed E-state index contributed by atoms with van der Waals surface area (Å²) in [5.41, 5.74) is 3.53. The Morgan fingerprint density at radius 3 is 1.56 bits per heavy atom. The number of alkyl halides is 4. The van der Waals surface area contributed by atoms with E-state index in [1.165, 1.54) is 24.3 Å². The minimum Gasteiger partial charge on any atom is -0.435 e. The fraction of sp³-hybridized carbons (Fsp3) is 0.179. The minimum atomic E-state index is -2.91. The quantitative estimate of drug-likeness (QED) is 0.265. The molecule has 0 spiro atoms. The maximum Gasteiger partial charge on any atom is 0.387 e. The van der Waals surface area contributed by atoms with Crippen LogP contribution in [-0.2, 0) is 11.3 Å². The highest BCUT2D eigenvalue weighted by Gasteiger charge is 2.26. The van der Waals surface area contributed by atoms with Crippen LogP contribution in [0.4, 0.5) is 17.6 Å². The van der Waals surface area contributed by atoms with E-state index in [0.29, 0.717) is 41.9 Å². The first-order chi connectivity index (χ1) is 17.4. The summed E-state index contributed by atoms with van der Waals surface area (Å²) in [5, 5.41) is 0. The maximum atomic E-state index is 13.3. The maximum absolute atomic E-state index is 13.3. The second-order valence-electron chi connectivity index (χ2n) is 8.19. The summed E-state index contributed by atoms with van der Waals surface area (Å²) in [5.74, 6) is -0.0690. The van der Waals surface area contributed by atoms with Gasteiger partial charge in [-0.05, 0) is 53.1 Å². The second kappa shape index (κ2) is 11.7. The first kappa shape index (κ1) is 25.2. The van der Waals surface area contributed by atoms with Crippen molar-refractivity contribution in [3.8, 4) is 11.5 Å². The van der Waals surface area contributed by atoms with Gasteiger partial charge < -0.3 is 9.47 Å². The van der Waals surface area contributed by atoms with Crippen LogP contribution < -0.4 is 9.47 Å². The molecule has 0 N–H and O–H groups in total. The van der Waals surface area contributed by atoms with Crippen molar-refractivity contribution < 1.29 is 31.8 Å². The minimum absolute atomic E-state index is 0.0349. The lowest BCUT2D eigenvalue weighted by Gasteiger charge is -2.30. The van der Waals surface area contributed by atoms with Gasteiger partial charge in [0.15, 0.2) is 5.78 Å². The molecule has 186 valence electrons. The molecule has 0 aliphatic carbocycles. The molecule has 0 unspecified atom stereocenters. The molecule has 3 aromatic rings. The van der Waals surface area contributed by atoms with E-state index in [2.05, 4.69) is 14.4 Å². The lowest BCUT2D eigenvalue weighted by Crippen LogP contribution is -2.37. The SMILES string of the molecule is O=C1C(=Cc2ccc(OC(F)F)cc2)CN(Cc2ccccc2)CC1=Cc1ccc(OC(F)F)cc1. The smallest absolute Gasteiger partial charge is 0.387 e. The standard InChI is InChI=1S/C28H23F4NO3/c29-27(30)35-24-10-6-19(7-11-24)14-22-17-33(16-21-4-2-1-3-5-21)18-23(26(22)34)15-20-8-12-25(13-9-20)36-28(31)32/h1-15,27-28H,16-18H2. The molecule has 1 fully saturated rings. The molecular formula is C28H23F4NO3. The topological polar surface area (TPSA) is 38.8 Å². The first-order valence-electron chi connectivity index (χ1n) is 11.2. The van der Waals surface area contributed by atoms with Crippen LogP contribution in [0, 0.1) is 0 Å². The molecule has 8 heteroatoms. The number of piperidine rings is 1.